The molecule has 3 rings (SSSR count). The number of rotatable bonds is 5. The monoisotopic (exact) mass is 325 g/mol. The molecule has 0 radical (unpaired) electrons. The van der Waals surface area contributed by atoms with Gasteiger partial charge in [0.05, 0.1) is 6.20 Å². The summed E-state index contributed by atoms with van der Waals surface area (Å²) in [6, 6.07) is 6.91. The van der Waals surface area contributed by atoms with Crippen LogP contribution in [0.25, 0.3) is 0 Å². The first-order valence-electron chi connectivity index (χ1n) is 9.04. The van der Waals surface area contributed by atoms with Crippen molar-refractivity contribution in [2.45, 2.75) is 58.9 Å². The van der Waals surface area contributed by atoms with Crippen molar-refractivity contribution in [3.05, 3.63) is 35.5 Å². The molecule has 1 unspecified atom stereocenters. The zero-order valence-electron chi connectivity index (χ0n) is 14.9. The van der Waals surface area contributed by atoms with Crippen molar-refractivity contribution in [1.82, 2.24) is 15.2 Å². The van der Waals surface area contributed by atoms with Crippen LogP contribution in [0.1, 0.15) is 50.7 Å². The molecule has 1 saturated heterocycles. The first-order valence-corrected chi connectivity index (χ1v) is 9.04. The van der Waals surface area contributed by atoms with Gasteiger partial charge in [-0.1, -0.05) is 32.0 Å². The molecule has 0 saturated carbocycles. The van der Waals surface area contributed by atoms with Crippen LogP contribution in [0.2, 0.25) is 0 Å². The summed E-state index contributed by atoms with van der Waals surface area (Å²) in [6.45, 7) is 7.57. The number of nitrogens with one attached hydrogen (secondary N) is 1. The van der Waals surface area contributed by atoms with Crippen LogP contribution < -0.4 is 10.2 Å². The number of benzene rings is 1. The summed E-state index contributed by atoms with van der Waals surface area (Å²) in [5.41, 5.74) is 3.57. The number of aryl methyl sites for hydroxylation is 2. The molecule has 128 valence electrons. The van der Waals surface area contributed by atoms with Crippen molar-refractivity contribution < 1.29 is 0 Å². The van der Waals surface area contributed by atoms with Crippen molar-refractivity contribution in [3.63, 3.8) is 0 Å². The fraction of sp³-hybridized carbons (Fsp3) is 0.526. The summed E-state index contributed by atoms with van der Waals surface area (Å²) < 4.78 is 0. The van der Waals surface area contributed by atoms with Gasteiger partial charge in [0.25, 0.3) is 0 Å². The minimum atomic E-state index is 0.563. The molecule has 1 aromatic heterocycles. The summed E-state index contributed by atoms with van der Waals surface area (Å²) >= 11 is 0. The van der Waals surface area contributed by atoms with E-state index in [0.29, 0.717) is 12.0 Å². The second-order valence-electron chi connectivity index (χ2n) is 6.48. The molecule has 1 fully saturated rings. The second kappa shape index (κ2) is 7.60. The summed E-state index contributed by atoms with van der Waals surface area (Å²) in [5.74, 6) is 1.52. The van der Waals surface area contributed by atoms with Gasteiger partial charge in [-0.2, -0.15) is 10.1 Å². The van der Waals surface area contributed by atoms with Crippen LogP contribution in [0.3, 0.4) is 0 Å². The predicted molar refractivity (Wildman–Crippen MR) is 98.9 cm³/mol. The summed E-state index contributed by atoms with van der Waals surface area (Å²) in [6.07, 6.45) is 7.67. The summed E-state index contributed by atoms with van der Waals surface area (Å²) in [7, 11) is 0. The van der Waals surface area contributed by atoms with Crippen LogP contribution in [-0.2, 0) is 6.42 Å². The molecule has 1 aliphatic heterocycles. The van der Waals surface area contributed by atoms with Crippen molar-refractivity contribution in [1.29, 1.82) is 0 Å². The van der Waals surface area contributed by atoms with Gasteiger partial charge in [0, 0.05) is 18.3 Å². The van der Waals surface area contributed by atoms with E-state index in [9.17, 15) is 0 Å². The normalized spacial score (nSPS) is 17.8. The number of piperidine rings is 1. The molecule has 0 amide bonds. The van der Waals surface area contributed by atoms with E-state index in [0.717, 1.165) is 30.9 Å². The molecule has 5 heteroatoms. The fourth-order valence-corrected chi connectivity index (χ4v) is 3.53. The Morgan fingerprint density at radius 1 is 1.25 bits per heavy atom. The number of nitrogens with zero attached hydrogens (tertiary/aromatic N) is 4. The van der Waals surface area contributed by atoms with Crippen LogP contribution in [0.5, 0.6) is 0 Å². The Kier molecular flexibility index (Phi) is 5.28. The predicted octanol–water partition coefficient (Wildman–Crippen LogP) is 4.25. The molecule has 1 N–H and O–H groups in total. The number of hydrogen-bond donors (Lipinski definition) is 1. The highest BCUT2D eigenvalue weighted by Crippen LogP contribution is 2.27. The van der Waals surface area contributed by atoms with Crippen LogP contribution >= 0.6 is 0 Å². The molecular formula is C19H27N5. The highest BCUT2D eigenvalue weighted by atomic mass is 15.3. The van der Waals surface area contributed by atoms with E-state index in [1.807, 2.05) is 0 Å². The SMILES string of the molecule is CCc1cccc(C)c1Nc1nncc(N2CCCCC2CC)n1. The molecule has 0 aliphatic carbocycles. The fourth-order valence-electron chi connectivity index (χ4n) is 3.53. The van der Waals surface area contributed by atoms with Crippen LogP contribution in [-0.4, -0.2) is 27.8 Å². The average molecular weight is 325 g/mol. The summed E-state index contributed by atoms with van der Waals surface area (Å²) in [4.78, 5) is 7.14. The third kappa shape index (κ3) is 3.50. The van der Waals surface area contributed by atoms with Gasteiger partial charge < -0.3 is 10.2 Å². The smallest absolute Gasteiger partial charge is 0.249 e. The van der Waals surface area contributed by atoms with Crippen LogP contribution in [0.4, 0.5) is 17.5 Å². The lowest BCUT2D eigenvalue weighted by Gasteiger charge is -2.35. The lowest BCUT2D eigenvalue weighted by Crippen LogP contribution is -2.39. The van der Waals surface area contributed by atoms with E-state index < -0.39 is 0 Å². The summed E-state index contributed by atoms with van der Waals surface area (Å²) in [5, 5.41) is 11.8. The van der Waals surface area contributed by atoms with Crippen molar-refractivity contribution in [2.75, 3.05) is 16.8 Å². The molecule has 0 spiro atoms. The lowest BCUT2D eigenvalue weighted by molar-refractivity contribution is 0.446. The van der Waals surface area contributed by atoms with Crippen LogP contribution in [0.15, 0.2) is 24.4 Å². The second-order valence-corrected chi connectivity index (χ2v) is 6.48. The Labute approximate surface area is 144 Å². The van der Waals surface area contributed by atoms with Gasteiger partial charge in [0.2, 0.25) is 5.95 Å². The maximum atomic E-state index is 4.75. The van der Waals surface area contributed by atoms with E-state index in [1.54, 1.807) is 6.20 Å². The first-order chi connectivity index (χ1) is 11.7. The van der Waals surface area contributed by atoms with Gasteiger partial charge in [-0.25, -0.2) is 0 Å². The third-order valence-electron chi connectivity index (χ3n) is 4.92. The molecule has 1 atom stereocenters. The molecule has 24 heavy (non-hydrogen) atoms. The zero-order chi connectivity index (χ0) is 16.9. The van der Waals surface area contributed by atoms with Gasteiger partial charge in [-0.05, 0) is 50.2 Å². The Bertz CT molecular complexity index is 685. The third-order valence-corrected chi connectivity index (χ3v) is 4.92. The molecule has 1 aliphatic rings. The molecule has 2 aromatic rings. The number of para-hydroxylation sites is 1. The van der Waals surface area contributed by atoms with Gasteiger partial charge >= 0.3 is 0 Å². The standard InChI is InChI=1S/C19H27N5/c1-4-15-10-8-9-14(3)18(15)22-19-21-17(13-20-23-19)24-12-7-6-11-16(24)5-2/h8-10,13,16H,4-7,11-12H2,1-3H3,(H,21,22,23). The van der Waals surface area contributed by atoms with Gasteiger partial charge in [-0.15, -0.1) is 5.10 Å². The number of aromatic nitrogens is 3. The minimum absolute atomic E-state index is 0.563. The van der Waals surface area contributed by atoms with E-state index in [2.05, 4.69) is 59.4 Å². The van der Waals surface area contributed by atoms with E-state index in [-0.39, 0.29) is 0 Å². The molecular weight excluding hydrogens is 298 g/mol. The topological polar surface area (TPSA) is 53.9 Å². The van der Waals surface area contributed by atoms with E-state index in [1.165, 1.54) is 30.4 Å². The number of anilines is 3. The molecule has 2 heterocycles. The highest BCUT2D eigenvalue weighted by molar-refractivity contribution is 5.63. The molecule has 5 nitrogen and oxygen atoms in total. The van der Waals surface area contributed by atoms with E-state index in [4.69, 9.17) is 4.98 Å². The van der Waals surface area contributed by atoms with E-state index >= 15 is 0 Å². The van der Waals surface area contributed by atoms with Crippen molar-refractivity contribution in [2.24, 2.45) is 0 Å². The Balaban J connectivity index is 1.86. The molecule has 0 bridgehead atoms. The van der Waals surface area contributed by atoms with Crippen LogP contribution in [0, 0.1) is 6.92 Å². The van der Waals surface area contributed by atoms with Gasteiger partial charge in [0.15, 0.2) is 5.82 Å². The zero-order valence-corrected chi connectivity index (χ0v) is 14.9. The maximum absolute atomic E-state index is 4.75. The maximum Gasteiger partial charge on any atom is 0.249 e. The quantitative estimate of drug-likeness (QED) is 0.890. The minimum Gasteiger partial charge on any atom is -0.352 e. The van der Waals surface area contributed by atoms with Crippen molar-refractivity contribution >= 4 is 17.5 Å². The lowest BCUT2D eigenvalue weighted by atomic mass is 10.0. The first kappa shape index (κ1) is 16.7. The molecule has 1 aromatic carbocycles. The Morgan fingerprint density at radius 3 is 2.92 bits per heavy atom. The average Bonchev–Trinajstić information content (AvgIpc) is 2.63. The van der Waals surface area contributed by atoms with Gasteiger partial charge in [0.1, 0.15) is 0 Å². The highest BCUT2D eigenvalue weighted by Gasteiger charge is 2.22. The Morgan fingerprint density at radius 2 is 2.12 bits per heavy atom. The largest absolute Gasteiger partial charge is 0.352 e. The Hall–Kier alpha value is -2.17. The van der Waals surface area contributed by atoms with Crippen molar-refractivity contribution in [3.8, 4) is 0 Å². The van der Waals surface area contributed by atoms with Gasteiger partial charge in [-0.3, -0.25) is 0 Å². The number of hydrogen-bond acceptors (Lipinski definition) is 5.